The van der Waals surface area contributed by atoms with E-state index >= 15 is 0 Å². The number of nitrogens with zero attached hydrogens (tertiary/aromatic N) is 3. The third kappa shape index (κ3) is 7.03. The Morgan fingerprint density at radius 3 is 2.10 bits per heavy atom. The van der Waals surface area contributed by atoms with Crippen molar-refractivity contribution in [2.45, 2.75) is 77.5 Å². The maximum absolute atomic E-state index is 11.9. The van der Waals surface area contributed by atoms with Crippen LogP contribution >= 0.6 is 0 Å². The highest BCUT2D eigenvalue weighted by Crippen LogP contribution is 2.35. The van der Waals surface area contributed by atoms with Crippen LogP contribution < -0.4 is 14.8 Å². The summed E-state index contributed by atoms with van der Waals surface area (Å²) in [5.74, 6) is 2.86. The summed E-state index contributed by atoms with van der Waals surface area (Å²) in [4.78, 5) is 20.7. The minimum Gasteiger partial charge on any atom is -0.490 e. The fourth-order valence-corrected chi connectivity index (χ4v) is 4.62. The normalized spacial score (nSPS) is 16.9. The van der Waals surface area contributed by atoms with Gasteiger partial charge in [0.2, 0.25) is 17.6 Å². The summed E-state index contributed by atoms with van der Waals surface area (Å²) in [7, 11) is 0. The van der Waals surface area contributed by atoms with Crippen molar-refractivity contribution < 1.29 is 23.5 Å². The Morgan fingerprint density at radius 2 is 1.51 bits per heavy atom. The van der Waals surface area contributed by atoms with E-state index in [2.05, 4.69) is 58.6 Å². The predicted molar refractivity (Wildman–Crippen MR) is 154 cm³/mol. The van der Waals surface area contributed by atoms with E-state index in [-0.39, 0.29) is 23.7 Å². The number of aromatic nitrogens is 3. The topological polar surface area (TPSA) is 109 Å². The molecule has 1 aliphatic carbocycles. The van der Waals surface area contributed by atoms with E-state index in [1.165, 1.54) is 5.56 Å². The van der Waals surface area contributed by atoms with E-state index in [0.29, 0.717) is 29.0 Å². The number of benzene rings is 2. The summed E-state index contributed by atoms with van der Waals surface area (Å²) < 4.78 is 22.5. The molecule has 214 valence electrons. The molecule has 0 atom stereocenters. The van der Waals surface area contributed by atoms with Crippen molar-refractivity contribution >= 4 is 6.09 Å². The monoisotopic (exact) mass is 556 g/mol. The van der Waals surface area contributed by atoms with E-state index in [4.69, 9.17) is 18.7 Å². The highest BCUT2D eigenvalue weighted by Gasteiger charge is 2.33. The largest absolute Gasteiger partial charge is 0.490 e. The Hall–Kier alpha value is -4.40. The Morgan fingerprint density at radius 1 is 0.878 bits per heavy atom. The number of rotatable bonds is 8. The summed E-state index contributed by atoms with van der Waals surface area (Å²) in [6.07, 6.45) is 1.22. The summed E-state index contributed by atoms with van der Waals surface area (Å²) in [6, 6.07) is 21.8. The molecule has 1 amide bonds. The van der Waals surface area contributed by atoms with Gasteiger partial charge in [0, 0.05) is 37.3 Å². The zero-order valence-corrected chi connectivity index (χ0v) is 24.3. The van der Waals surface area contributed by atoms with Gasteiger partial charge in [0.05, 0.1) is 0 Å². The molecule has 0 radical (unpaired) electrons. The first-order valence-corrected chi connectivity index (χ1v) is 13.8. The van der Waals surface area contributed by atoms with Crippen molar-refractivity contribution in [2.24, 2.45) is 0 Å². The first kappa shape index (κ1) is 28.1. The van der Waals surface area contributed by atoms with Crippen LogP contribution in [-0.2, 0) is 10.2 Å². The quantitative estimate of drug-likeness (QED) is 0.247. The third-order valence-electron chi connectivity index (χ3n) is 6.97. The molecule has 1 N–H and O–H groups in total. The van der Waals surface area contributed by atoms with Crippen LogP contribution in [0, 0.1) is 6.92 Å². The van der Waals surface area contributed by atoms with Crippen LogP contribution in [0.25, 0.3) is 11.5 Å². The van der Waals surface area contributed by atoms with Gasteiger partial charge in [0.25, 0.3) is 0 Å². The zero-order valence-electron chi connectivity index (χ0n) is 24.3. The second kappa shape index (κ2) is 11.2. The lowest BCUT2D eigenvalue weighted by molar-refractivity contribution is 0.0363. The molecule has 0 unspecified atom stereocenters. The van der Waals surface area contributed by atoms with E-state index in [0.717, 1.165) is 24.2 Å². The van der Waals surface area contributed by atoms with Crippen molar-refractivity contribution in [1.29, 1.82) is 0 Å². The van der Waals surface area contributed by atoms with Crippen LogP contribution in [-0.4, -0.2) is 39.0 Å². The molecule has 0 aliphatic heterocycles. The van der Waals surface area contributed by atoms with Gasteiger partial charge < -0.3 is 24.1 Å². The van der Waals surface area contributed by atoms with Gasteiger partial charge >= 0.3 is 6.09 Å². The minimum atomic E-state index is -0.504. The number of carbonyl (C=O) groups is 1. The molecular weight excluding hydrogens is 520 g/mol. The average Bonchev–Trinajstić information content (AvgIpc) is 3.33. The van der Waals surface area contributed by atoms with Crippen LogP contribution in [0.5, 0.6) is 17.4 Å². The van der Waals surface area contributed by atoms with Crippen LogP contribution in [0.15, 0.2) is 71.3 Å². The van der Waals surface area contributed by atoms with E-state index < -0.39 is 5.60 Å². The Balaban J connectivity index is 1.15. The summed E-state index contributed by atoms with van der Waals surface area (Å²) in [5.41, 5.74) is 2.17. The number of amides is 1. The van der Waals surface area contributed by atoms with Gasteiger partial charge in [-0.3, -0.25) is 0 Å². The third-order valence-corrected chi connectivity index (χ3v) is 6.97. The van der Waals surface area contributed by atoms with Gasteiger partial charge in [-0.1, -0.05) is 49.3 Å². The number of ether oxygens (including phenoxy) is 3. The van der Waals surface area contributed by atoms with Crippen molar-refractivity contribution in [2.75, 3.05) is 0 Å². The molecule has 5 rings (SSSR count). The molecule has 41 heavy (non-hydrogen) atoms. The SMILES string of the molecule is Cc1nc(-c2cccc(Oc3ccc(C(C)(C)c4ccc(O[C@H]5C[C@H](NC(=O)OC(C)(C)C)C5)cc4)cc3)n2)no1. The highest BCUT2D eigenvalue weighted by molar-refractivity contribution is 5.68. The molecule has 4 aromatic rings. The number of nitrogens with one attached hydrogen (secondary N) is 1. The van der Waals surface area contributed by atoms with Crippen LogP contribution in [0.1, 0.15) is 64.5 Å². The molecule has 9 nitrogen and oxygen atoms in total. The van der Waals surface area contributed by atoms with Crippen molar-refractivity contribution in [3.05, 3.63) is 83.7 Å². The van der Waals surface area contributed by atoms with Gasteiger partial charge in [-0.25, -0.2) is 9.78 Å². The number of hydrogen-bond donors (Lipinski definition) is 1. The van der Waals surface area contributed by atoms with E-state index in [1.807, 2.05) is 57.2 Å². The average molecular weight is 557 g/mol. The Kier molecular flexibility index (Phi) is 7.71. The first-order chi connectivity index (χ1) is 19.4. The number of alkyl carbamates (subject to hydrolysis) is 1. The second-order valence-electron chi connectivity index (χ2n) is 11.8. The number of aryl methyl sites for hydroxylation is 1. The predicted octanol–water partition coefficient (Wildman–Crippen LogP) is 6.99. The lowest BCUT2D eigenvalue weighted by atomic mass is 9.78. The molecule has 0 bridgehead atoms. The molecule has 2 aromatic carbocycles. The fourth-order valence-electron chi connectivity index (χ4n) is 4.62. The Labute approximate surface area is 240 Å². The van der Waals surface area contributed by atoms with Gasteiger partial charge in [-0.15, -0.1) is 0 Å². The molecule has 1 saturated carbocycles. The minimum absolute atomic E-state index is 0.0767. The first-order valence-electron chi connectivity index (χ1n) is 13.8. The molecule has 9 heteroatoms. The summed E-state index contributed by atoms with van der Waals surface area (Å²) >= 11 is 0. The maximum atomic E-state index is 11.9. The molecular formula is C32H36N4O5. The Bertz CT molecular complexity index is 1480. The van der Waals surface area contributed by atoms with Gasteiger partial charge in [-0.05, 0) is 62.2 Å². The van der Waals surface area contributed by atoms with Crippen molar-refractivity contribution in [1.82, 2.24) is 20.4 Å². The maximum Gasteiger partial charge on any atom is 0.407 e. The lowest BCUT2D eigenvalue weighted by Crippen LogP contribution is -2.50. The molecule has 1 fully saturated rings. The van der Waals surface area contributed by atoms with Gasteiger partial charge in [0.15, 0.2) is 0 Å². The summed E-state index contributed by atoms with van der Waals surface area (Å²) in [5, 5.41) is 6.82. The lowest BCUT2D eigenvalue weighted by Gasteiger charge is -2.36. The fraction of sp³-hybridized carbons (Fsp3) is 0.375. The summed E-state index contributed by atoms with van der Waals surface area (Å²) in [6.45, 7) is 11.7. The molecule has 0 saturated heterocycles. The molecule has 1 aliphatic rings. The van der Waals surface area contributed by atoms with E-state index in [9.17, 15) is 4.79 Å². The number of pyridine rings is 1. The number of carbonyl (C=O) groups excluding carboxylic acids is 1. The second-order valence-corrected chi connectivity index (χ2v) is 11.8. The smallest absolute Gasteiger partial charge is 0.407 e. The van der Waals surface area contributed by atoms with Crippen molar-refractivity contribution in [3.63, 3.8) is 0 Å². The van der Waals surface area contributed by atoms with E-state index in [1.54, 1.807) is 13.0 Å². The number of hydrogen-bond acceptors (Lipinski definition) is 8. The van der Waals surface area contributed by atoms with Crippen LogP contribution in [0.4, 0.5) is 4.79 Å². The van der Waals surface area contributed by atoms with Gasteiger partial charge in [0.1, 0.15) is 28.9 Å². The zero-order chi connectivity index (χ0) is 29.2. The van der Waals surface area contributed by atoms with Gasteiger partial charge in [-0.2, -0.15) is 4.98 Å². The molecule has 2 heterocycles. The van der Waals surface area contributed by atoms with Crippen LogP contribution in [0.2, 0.25) is 0 Å². The van der Waals surface area contributed by atoms with Crippen molar-refractivity contribution in [3.8, 4) is 28.9 Å². The molecule has 0 spiro atoms. The standard InChI is InChI=1S/C32H36N4O5/c1-20-33-29(36-41-20)27-8-7-9-28(35-27)39-25-16-12-22(13-17-25)32(5,6)21-10-14-24(15-11-21)38-26-18-23(19-26)34-30(37)40-31(2,3)4/h7-17,23,26H,18-19H2,1-6H3,(H,34,37)/t23-,26-. The molecule has 2 aromatic heterocycles. The van der Waals surface area contributed by atoms with Crippen LogP contribution in [0.3, 0.4) is 0 Å². The highest BCUT2D eigenvalue weighted by atomic mass is 16.6.